The van der Waals surface area contributed by atoms with Gasteiger partial charge in [-0.05, 0) is 69.2 Å². The molecule has 1 aromatic carbocycles. The van der Waals surface area contributed by atoms with Crippen LogP contribution in [-0.4, -0.2) is 22.0 Å². The van der Waals surface area contributed by atoms with Gasteiger partial charge in [-0.2, -0.15) is 0 Å². The molecule has 0 bridgehead atoms. The first kappa shape index (κ1) is 21.6. The second kappa shape index (κ2) is 11.2. The van der Waals surface area contributed by atoms with Crippen LogP contribution in [-0.2, 0) is 22.4 Å². The quantitative estimate of drug-likeness (QED) is 0.347. The van der Waals surface area contributed by atoms with Gasteiger partial charge in [0.25, 0.3) is 11.3 Å². The Balaban J connectivity index is 2.48. The number of anilines is 1. The van der Waals surface area contributed by atoms with E-state index in [9.17, 15) is 4.21 Å². The van der Waals surface area contributed by atoms with Gasteiger partial charge in [-0.15, -0.1) is 0 Å². The average molecular weight is 366 g/mol. The molecule has 2 N–H and O–H groups in total. The number of rotatable bonds is 10. The van der Waals surface area contributed by atoms with Crippen molar-refractivity contribution >= 4 is 17.0 Å². The number of allylic oxidation sites excluding steroid dienone is 2. The Hall–Kier alpha value is -1.43. The summed E-state index contributed by atoms with van der Waals surface area (Å²) in [6.45, 7) is 11.7. The van der Waals surface area contributed by atoms with Gasteiger partial charge < -0.3 is 4.74 Å². The third-order valence-electron chi connectivity index (χ3n) is 4.11. The highest BCUT2D eigenvalue weighted by Crippen LogP contribution is 2.20. The Morgan fingerprint density at radius 1 is 1.40 bits per heavy atom. The van der Waals surface area contributed by atoms with Gasteiger partial charge in [0, 0.05) is 6.61 Å². The smallest absolute Gasteiger partial charge is 0.259 e. The Bertz CT molecular complexity index is 634. The van der Waals surface area contributed by atoms with Crippen LogP contribution in [0.3, 0.4) is 0 Å². The van der Waals surface area contributed by atoms with Crippen LogP contribution in [0.4, 0.5) is 5.69 Å². The van der Waals surface area contributed by atoms with Crippen LogP contribution in [0.2, 0.25) is 0 Å². The molecule has 0 radical (unpaired) electrons. The highest BCUT2D eigenvalue weighted by Gasteiger charge is 2.08. The van der Waals surface area contributed by atoms with E-state index in [0.717, 1.165) is 30.6 Å². The van der Waals surface area contributed by atoms with E-state index in [1.165, 1.54) is 11.1 Å². The molecule has 1 aromatic rings. The summed E-state index contributed by atoms with van der Waals surface area (Å²) in [5.74, 6) is 0.479. The number of benzene rings is 1. The predicted octanol–water partition coefficient (Wildman–Crippen LogP) is 5.04. The Morgan fingerprint density at radius 3 is 2.72 bits per heavy atom. The van der Waals surface area contributed by atoms with Crippen LogP contribution in [0.15, 0.2) is 41.5 Å². The molecule has 2 unspecified atom stereocenters. The second-order valence-corrected chi connectivity index (χ2v) is 7.38. The number of hydrogen-bond acceptors (Lipinski definition) is 2. The van der Waals surface area contributed by atoms with Crippen LogP contribution in [0.1, 0.15) is 45.2 Å². The maximum atomic E-state index is 11.0. The van der Waals surface area contributed by atoms with Gasteiger partial charge in [0.05, 0.1) is 12.3 Å². The summed E-state index contributed by atoms with van der Waals surface area (Å²) in [6, 6.07) is 6.01. The van der Waals surface area contributed by atoms with E-state index in [1.807, 2.05) is 32.1 Å². The Kier molecular flexibility index (Phi) is 9.71. The van der Waals surface area contributed by atoms with Crippen molar-refractivity contribution in [3.8, 4) is 0 Å². The van der Waals surface area contributed by atoms with Gasteiger partial charge in [-0.3, -0.25) is 9.27 Å². The lowest BCUT2D eigenvalue weighted by atomic mass is 9.97. The zero-order chi connectivity index (χ0) is 18.8. The van der Waals surface area contributed by atoms with Gasteiger partial charge in [-0.1, -0.05) is 36.8 Å². The standard InChI is InChI=1S/C20H31NO3S/c1-6-7-19(15(2)3)14-24-11-10-16(4)12-18-9-8-17(5)20(13-18)21-25(22)23/h6-9,13,16,21H,10-12,14H2,1-5H3,(H,22,23)/b7-6-. The molecular weight excluding hydrogens is 334 g/mol. The zero-order valence-corrected chi connectivity index (χ0v) is 16.8. The molecule has 0 saturated carbocycles. The van der Waals surface area contributed by atoms with Crippen LogP contribution in [0, 0.1) is 12.8 Å². The van der Waals surface area contributed by atoms with Crippen molar-refractivity contribution in [2.24, 2.45) is 5.92 Å². The molecule has 0 amide bonds. The number of hydrogen-bond donors (Lipinski definition) is 2. The van der Waals surface area contributed by atoms with Crippen molar-refractivity contribution in [2.75, 3.05) is 17.9 Å². The fourth-order valence-corrected chi connectivity index (χ4v) is 2.94. The summed E-state index contributed by atoms with van der Waals surface area (Å²) in [7, 11) is 0. The fraction of sp³-hybridized carbons (Fsp3) is 0.500. The molecule has 25 heavy (non-hydrogen) atoms. The summed E-state index contributed by atoms with van der Waals surface area (Å²) in [4.78, 5) is 0. The van der Waals surface area contributed by atoms with E-state index in [4.69, 9.17) is 9.29 Å². The van der Waals surface area contributed by atoms with Crippen molar-refractivity contribution in [1.29, 1.82) is 0 Å². The highest BCUT2D eigenvalue weighted by molar-refractivity contribution is 7.80. The molecule has 2 atom stereocenters. The minimum absolute atomic E-state index is 0.479. The molecule has 0 heterocycles. The lowest BCUT2D eigenvalue weighted by molar-refractivity contribution is 0.143. The van der Waals surface area contributed by atoms with Gasteiger partial charge in [0.1, 0.15) is 0 Å². The first-order valence-corrected chi connectivity index (χ1v) is 9.78. The largest absolute Gasteiger partial charge is 0.377 e. The van der Waals surface area contributed by atoms with E-state index in [2.05, 4.69) is 37.6 Å². The maximum Gasteiger partial charge on any atom is 0.259 e. The van der Waals surface area contributed by atoms with E-state index in [0.29, 0.717) is 18.2 Å². The number of nitrogens with one attached hydrogen (secondary N) is 1. The molecule has 0 aliphatic heterocycles. The minimum Gasteiger partial charge on any atom is -0.377 e. The van der Waals surface area contributed by atoms with Crippen LogP contribution in [0.25, 0.3) is 0 Å². The summed E-state index contributed by atoms with van der Waals surface area (Å²) >= 11 is -2.04. The summed E-state index contributed by atoms with van der Waals surface area (Å²) in [6.07, 6.45) is 6.04. The first-order valence-electron chi connectivity index (χ1n) is 8.67. The number of aryl methyl sites for hydroxylation is 1. The van der Waals surface area contributed by atoms with Gasteiger partial charge in [0.2, 0.25) is 0 Å². The van der Waals surface area contributed by atoms with Gasteiger partial charge >= 0.3 is 0 Å². The molecule has 0 aliphatic carbocycles. The summed E-state index contributed by atoms with van der Waals surface area (Å²) in [5, 5.41) is 0. The second-order valence-electron chi connectivity index (χ2n) is 6.68. The monoisotopic (exact) mass is 365 g/mol. The van der Waals surface area contributed by atoms with Crippen molar-refractivity contribution < 1.29 is 13.5 Å². The predicted molar refractivity (Wildman–Crippen MR) is 107 cm³/mol. The van der Waals surface area contributed by atoms with Crippen LogP contribution < -0.4 is 4.72 Å². The molecule has 0 aromatic heterocycles. The molecule has 0 spiro atoms. The molecule has 5 heteroatoms. The Labute approximate surface area is 154 Å². The molecule has 0 saturated heterocycles. The van der Waals surface area contributed by atoms with Crippen LogP contribution >= 0.6 is 0 Å². The lowest BCUT2D eigenvalue weighted by Crippen LogP contribution is -2.08. The third kappa shape index (κ3) is 8.47. The summed E-state index contributed by atoms with van der Waals surface area (Å²) in [5.41, 5.74) is 5.35. The maximum absolute atomic E-state index is 11.0. The van der Waals surface area contributed by atoms with Crippen LogP contribution in [0.5, 0.6) is 0 Å². The van der Waals surface area contributed by atoms with Crippen molar-refractivity contribution in [3.05, 3.63) is 52.6 Å². The van der Waals surface area contributed by atoms with Gasteiger partial charge in [0.15, 0.2) is 0 Å². The molecule has 0 fully saturated rings. The first-order chi connectivity index (χ1) is 11.8. The molecular formula is C20H31NO3S. The lowest BCUT2D eigenvalue weighted by Gasteiger charge is -2.14. The summed E-state index contributed by atoms with van der Waals surface area (Å²) < 4.78 is 28.3. The zero-order valence-electron chi connectivity index (χ0n) is 16.0. The van der Waals surface area contributed by atoms with E-state index in [1.54, 1.807) is 0 Å². The van der Waals surface area contributed by atoms with E-state index >= 15 is 0 Å². The van der Waals surface area contributed by atoms with E-state index in [-0.39, 0.29) is 0 Å². The SMILES string of the molecule is C/C=C\C(COCCC(C)Cc1ccc(C)c(NS(=O)O)c1)=C(C)C. The van der Waals surface area contributed by atoms with Crippen molar-refractivity contribution in [1.82, 2.24) is 0 Å². The Morgan fingerprint density at radius 2 is 2.12 bits per heavy atom. The van der Waals surface area contributed by atoms with Crippen molar-refractivity contribution in [2.45, 2.75) is 47.5 Å². The number of ether oxygens (including phenoxy) is 1. The third-order valence-corrected chi connectivity index (χ3v) is 4.50. The minimum atomic E-state index is -2.04. The van der Waals surface area contributed by atoms with Crippen molar-refractivity contribution in [3.63, 3.8) is 0 Å². The topological polar surface area (TPSA) is 58.6 Å². The normalized spacial score (nSPS) is 13.7. The van der Waals surface area contributed by atoms with E-state index < -0.39 is 11.3 Å². The molecule has 140 valence electrons. The average Bonchev–Trinajstić information content (AvgIpc) is 2.53. The molecule has 4 nitrogen and oxygen atoms in total. The fourth-order valence-electron chi connectivity index (χ4n) is 2.53. The molecule has 0 aliphatic rings. The van der Waals surface area contributed by atoms with Gasteiger partial charge in [-0.25, -0.2) is 4.21 Å². The molecule has 1 rings (SSSR count). The highest BCUT2D eigenvalue weighted by atomic mass is 32.2.